The lowest BCUT2D eigenvalue weighted by molar-refractivity contribution is -0.137. The molecule has 2 N–H and O–H groups in total. The van der Waals surface area contributed by atoms with Crippen LogP contribution >= 0.6 is 0 Å². The van der Waals surface area contributed by atoms with Gasteiger partial charge < -0.3 is 10.6 Å². The molecule has 2 rings (SSSR count). The van der Waals surface area contributed by atoms with E-state index in [1.165, 1.54) is 0 Å². The zero-order valence-electron chi connectivity index (χ0n) is 13.6. The summed E-state index contributed by atoms with van der Waals surface area (Å²) in [5.74, 6) is -0.371. The minimum absolute atomic E-state index is 0.121. The van der Waals surface area contributed by atoms with Crippen molar-refractivity contribution < 1.29 is 14.4 Å². The Bertz CT molecular complexity index is 452. The first-order valence-electron chi connectivity index (χ1n) is 8.42. The molecule has 4 amide bonds. The predicted molar refractivity (Wildman–Crippen MR) is 83.1 cm³/mol. The monoisotopic (exact) mass is 309 g/mol. The molecule has 2 fully saturated rings. The minimum Gasteiger partial charge on any atom is -0.355 e. The maximum Gasteiger partial charge on any atom is 0.325 e. The Labute approximate surface area is 132 Å². The number of carbonyl (C=O) groups excluding carboxylic acids is 3. The van der Waals surface area contributed by atoms with Crippen LogP contribution in [-0.2, 0) is 9.59 Å². The van der Waals surface area contributed by atoms with E-state index in [-0.39, 0.29) is 24.3 Å². The van der Waals surface area contributed by atoms with Crippen LogP contribution in [0.3, 0.4) is 0 Å². The second-order valence-electron chi connectivity index (χ2n) is 6.50. The van der Waals surface area contributed by atoms with Crippen molar-refractivity contribution in [3.8, 4) is 0 Å². The summed E-state index contributed by atoms with van der Waals surface area (Å²) in [6.45, 7) is 4.52. The summed E-state index contributed by atoms with van der Waals surface area (Å²) in [5.41, 5.74) is -0.780. The highest BCUT2D eigenvalue weighted by atomic mass is 16.2. The molecule has 22 heavy (non-hydrogen) atoms. The van der Waals surface area contributed by atoms with Crippen LogP contribution in [0.2, 0.25) is 0 Å². The molecule has 6 heteroatoms. The summed E-state index contributed by atoms with van der Waals surface area (Å²) in [7, 11) is 0. The molecule has 0 bridgehead atoms. The first kappa shape index (κ1) is 16.8. The Hall–Kier alpha value is -1.59. The molecular weight excluding hydrogens is 282 g/mol. The highest BCUT2D eigenvalue weighted by molar-refractivity contribution is 6.09. The van der Waals surface area contributed by atoms with Crippen molar-refractivity contribution in [1.29, 1.82) is 0 Å². The number of amides is 4. The number of nitrogens with one attached hydrogen (secondary N) is 2. The number of urea groups is 1. The number of imide groups is 1. The number of rotatable bonds is 6. The van der Waals surface area contributed by atoms with Crippen LogP contribution in [-0.4, -0.2) is 41.4 Å². The molecule has 1 spiro atoms. The van der Waals surface area contributed by atoms with E-state index in [9.17, 15) is 14.4 Å². The van der Waals surface area contributed by atoms with Gasteiger partial charge in [0.25, 0.3) is 5.91 Å². The maximum absolute atomic E-state index is 12.7. The van der Waals surface area contributed by atoms with E-state index in [2.05, 4.69) is 17.6 Å². The predicted octanol–water partition coefficient (Wildman–Crippen LogP) is 1.79. The second-order valence-corrected chi connectivity index (χ2v) is 6.50. The summed E-state index contributed by atoms with van der Waals surface area (Å²) in [4.78, 5) is 37.8. The zero-order valence-corrected chi connectivity index (χ0v) is 13.6. The quantitative estimate of drug-likeness (QED) is 0.580. The van der Waals surface area contributed by atoms with E-state index in [1.54, 1.807) is 0 Å². The smallest absolute Gasteiger partial charge is 0.325 e. The molecule has 1 heterocycles. The van der Waals surface area contributed by atoms with Gasteiger partial charge in [0.1, 0.15) is 12.1 Å². The first-order chi connectivity index (χ1) is 10.5. The lowest BCUT2D eigenvalue weighted by Crippen LogP contribution is -2.54. The van der Waals surface area contributed by atoms with Gasteiger partial charge in [0.2, 0.25) is 5.91 Å². The Morgan fingerprint density at radius 2 is 2.14 bits per heavy atom. The Kier molecular flexibility index (Phi) is 5.42. The Morgan fingerprint density at radius 3 is 2.82 bits per heavy atom. The van der Waals surface area contributed by atoms with Crippen molar-refractivity contribution in [2.24, 2.45) is 5.92 Å². The molecule has 0 aromatic carbocycles. The molecule has 1 saturated heterocycles. The summed E-state index contributed by atoms with van der Waals surface area (Å²) in [6, 6.07) is -0.428. The van der Waals surface area contributed by atoms with Gasteiger partial charge in [0.05, 0.1) is 0 Å². The molecule has 124 valence electrons. The van der Waals surface area contributed by atoms with Crippen molar-refractivity contribution in [2.75, 3.05) is 13.1 Å². The summed E-state index contributed by atoms with van der Waals surface area (Å²) >= 11 is 0. The fourth-order valence-corrected chi connectivity index (χ4v) is 3.44. The summed E-state index contributed by atoms with van der Waals surface area (Å²) in [5, 5.41) is 5.63. The van der Waals surface area contributed by atoms with Gasteiger partial charge >= 0.3 is 6.03 Å². The Morgan fingerprint density at radius 1 is 1.36 bits per heavy atom. The maximum atomic E-state index is 12.7. The largest absolute Gasteiger partial charge is 0.355 e. The highest BCUT2D eigenvalue weighted by Gasteiger charge is 2.55. The van der Waals surface area contributed by atoms with Gasteiger partial charge in [-0.15, -0.1) is 0 Å². The van der Waals surface area contributed by atoms with Crippen LogP contribution in [0.1, 0.15) is 58.8 Å². The SMILES string of the molecule is CCCCCNC(=O)CN1C(=O)N[C@@]2(CCCC[C@@H]2C)C1=O. The lowest BCUT2D eigenvalue weighted by atomic mass is 9.73. The number of hydrogen-bond acceptors (Lipinski definition) is 3. The van der Waals surface area contributed by atoms with Crippen molar-refractivity contribution in [3.05, 3.63) is 0 Å². The fourth-order valence-electron chi connectivity index (χ4n) is 3.44. The summed E-state index contributed by atoms with van der Waals surface area (Å²) in [6.07, 6.45) is 6.70. The number of hydrogen-bond donors (Lipinski definition) is 2. The van der Waals surface area contributed by atoms with E-state index < -0.39 is 11.6 Å². The normalized spacial score (nSPS) is 28.1. The van der Waals surface area contributed by atoms with Crippen LogP contribution in [0.15, 0.2) is 0 Å². The third kappa shape index (κ3) is 3.25. The van der Waals surface area contributed by atoms with Gasteiger partial charge in [-0.25, -0.2) is 4.79 Å². The van der Waals surface area contributed by atoms with Crippen molar-refractivity contribution >= 4 is 17.8 Å². The minimum atomic E-state index is -0.780. The third-order valence-corrected chi connectivity index (χ3v) is 4.91. The van der Waals surface area contributed by atoms with Crippen LogP contribution in [0.4, 0.5) is 4.79 Å². The lowest BCUT2D eigenvalue weighted by Gasteiger charge is -2.36. The van der Waals surface area contributed by atoms with E-state index >= 15 is 0 Å². The van der Waals surface area contributed by atoms with Gasteiger partial charge in [-0.1, -0.05) is 39.5 Å². The van der Waals surface area contributed by atoms with E-state index in [1.807, 2.05) is 6.92 Å². The topological polar surface area (TPSA) is 78.5 Å². The third-order valence-electron chi connectivity index (χ3n) is 4.91. The van der Waals surface area contributed by atoms with Crippen LogP contribution in [0.25, 0.3) is 0 Å². The average molecular weight is 309 g/mol. The van der Waals surface area contributed by atoms with Gasteiger partial charge in [-0.3, -0.25) is 14.5 Å². The highest BCUT2D eigenvalue weighted by Crippen LogP contribution is 2.38. The number of nitrogens with zero attached hydrogens (tertiary/aromatic N) is 1. The first-order valence-corrected chi connectivity index (χ1v) is 8.42. The van der Waals surface area contributed by atoms with E-state index in [4.69, 9.17) is 0 Å². The second kappa shape index (κ2) is 7.11. The van der Waals surface area contributed by atoms with E-state index in [0.717, 1.165) is 43.4 Å². The molecule has 0 unspecified atom stereocenters. The standard InChI is InChI=1S/C16H27N3O3/c1-3-4-7-10-17-13(20)11-19-14(21)16(18-15(19)22)9-6-5-8-12(16)2/h12H,3-11H2,1-2H3,(H,17,20)(H,18,22)/t12-,16+/m0/s1. The summed E-state index contributed by atoms with van der Waals surface area (Å²) < 4.78 is 0. The Balaban J connectivity index is 1.93. The van der Waals surface area contributed by atoms with Crippen LogP contribution < -0.4 is 10.6 Å². The van der Waals surface area contributed by atoms with Crippen molar-refractivity contribution in [3.63, 3.8) is 0 Å². The van der Waals surface area contributed by atoms with Crippen LogP contribution in [0.5, 0.6) is 0 Å². The van der Waals surface area contributed by atoms with Crippen LogP contribution in [0, 0.1) is 5.92 Å². The molecule has 2 atom stereocenters. The van der Waals surface area contributed by atoms with Crippen molar-refractivity contribution in [2.45, 2.75) is 64.3 Å². The van der Waals surface area contributed by atoms with Gasteiger partial charge in [-0.05, 0) is 25.2 Å². The molecule has 1 saturated carbocycles. The average Bonchev–Trinajstić information content (AvgIpc) is 2.72. The van der Waals surface area contributed by atoms with E-state index in [0.29, 0.717) is 13.0 Å². The molecule has 1 aliphatic carbocycles. The number of carbonyl (C=O) groups is 3. The van der Waals surface area contributed by atoms with Gasteiger partial charge in [-0.2, -0.15) is 0 Å². The zero-order chi connectivity index (χ0) is 16.2. The van der Waals surface area contributed by atoms with Crippen molar-refractivity contribution in [1.82, 2.24) is 15.5 Å². The molecule has 6 nitrogen and oxygen atoms in total. The number of unbranched alkanes of at least 4 members (excludes halogenated alkanes) is 2. The molecular formula is C16H27N3O3. The van der Waals surface area contributed by atoms with Gasteiger partial charge in [0, 0.05) is 6.54 Å². The van der Waals surface area contributed by atoms with Gasteiger partial charge in [0.15, 0.2) is 0 Å². The molecule has 0 aromatic heterocycles. The molecule has 1 aliphatic heterocycles. The fraction of sp³-hybridized carbons (Fsp3) is 0.812. The molecule has 0 aromatic rings. The molecule has 0 radical (unpaired) electrons. The molecule has 2 aliphatic rings.